The molecule has 1 nitrogen and oxygen atoms in total. The van der Waals surface area contributed by atoms with E-state index in [1.807, 2.05) is 6.92 Å². The van der Waals surface area contributed by atoms with Crippen LogP contribution in [0.15, 0.2) is 18.2 Å². The van der Waals surface area contributed by atoms with Crippen molar-refractivity contribution in [3.05, 3.63) is 29.6 Å². The Balaban J connectivity index is 2.79. The van der Waals surface area contributed by atoms with Crippen LogP contribution in [0.3, 0.4) is 0 Å². The van der Waals surface area contributed by atoms with E-state index in [1.54, 1.807) is 12.1 Å². The lowest BCUT2D eigenvalue weighted by molar-refractivity contribution is 0.335. The van der Waals surface area contributed by atoms with Gasteiger partial charge in [0.15, 0.2) is 0 Å². The van der Waals surface area contributed by atoms with E-state index in [9.17, 15) is 4.39 Å². The summed E-state index contributed by atoms with van der Waals surface area (Å²) in [4.78, 5) is 0. The van der Waals surface area contributed by atoms with Crippen LogP contribution >= 0.6 is 0 Å². The van der Waals surface area contributed by atoms with Crippen LogP contribution in [-0.2, 0) is 6.42 Å². The zero-order valence-electron chi connectivity index (χ0n) is 8.85. The maximum atomic E-state index is 13.0. The first-order chi connectivity index (χ1) is 6.77. The summed E-state index contributed by atoms with van der Waals surface area (Å²) in [6.07, 6.45) is 3.08. The van der Waals surface area contributed by atoms with Gasteiger partial charge in [-0.15, -0.1) is 0 Å². The van der Waals surface area contributed by atoms with Crippen molar-refractivity contribution in [1.82, 2.24) is 0 Å². The molecule has 0 amide bonds. The molecular formula is C12H17FO. The van der Waals surface area contributed by atoms with E-state index in [0.717, 1.165) is 30.6 Å². The Morgan fingerprint density at radius 3 is 2.71 bits per heavy atom. The van der Waals surface area contributed by atoms with Crippen LogP contribution in [-0.4, -0.2) is 6.61 Å². The maximum absolute atomic E-state index is 13.0. The van der Waals surface area contributed by atoms with Crippen molar-refractivity contribution in [2.24, 2.45) is 0 Å². The first-order valence-electron chi connectivity index (χ1n) is 5.19. The predicted molar refractivity (Wildman–Crippen MR) is 56.2 cm³/mol. The second-order valence-corrected chi connectivity index (χ2v) is 3.29. The van der Waals surface area contributed by atoms with Gasteiger partial charge < -0.3 is 4.74 Å². The molecule has 1 aromatic carbocycles. The lowest BCUT2D eigenvalue weighted by Gasteiger charge is -2.09. The Labute approximate surface area is 84.9 Å². The third-order valence-electron chi connectivity index (χ3n) is 2.12. The van der Waals surface area contributed by atoms with Gasteiger partial charge in [-0.1, -0.05) is 13.3 Å². The molecule has 78 valence electrons. The molecule has 0 saturated heterocycles. The molecule has 1 rings (SSSR count). The summed E-state index contributed by atoms with van der Waals surface area (Å²) in [7, 11) is 0. The van der Waals surface area contributed by atoms with E-state index in [-0.39, 0.29) is 5.82 Å². The quantitative estimate of drug-likeness (QED) is 0.699. The normalized spacial score (nSPS) is 10.2. The zero-order chi connectivity index (χ0) is 10.4. The fourth-order valence-corrected chi connectivity index (χ4v) is 1.41. The van der Waals surface area contributed by atoms with E-state index < -0.39 is 0 Å². The standard InChI is InChI=1S/C12H17FO/c1-3-5-6-10-9-11(13)7-8-12(10)14-4-2/h7-9H,3-6H2,1-2H3. The van der Waals surface area contributed by atoms with Crippen molar-refractivity contribution in [1.29, 1.82) is 0 Å². The Morgan fingerprint density at radius 1 is 1.29 bits per heavy atom. The number of rotatable bonds is 5. The average molecular weight is 196 g/mol. The molecule has 0 aliphatic heterocycles. The summed E-state index contributed by atoms with van der Waals surface area (Å²) >= 11 is 0. The van der Waals surface area contributed by atoms with E-state index in [0.29, 0.717) is 6.61 Å². The summed E-state index contributed by atoms with van der Waals surface area (Å²) in [6, 6.07) is 4.73. The molecule has 0 atom stereocenters. The van der Waals surface area contributed by atoms with Crippen molar-refractivity contribution in [2.75, 3.05) is 6.61 Å². The highest BCUT2D eigenvalue weighted by Crippen LogP contribution is 2.21. The summed E-state index contributed by atoms with van der Waals surface area (Å²) in [6.45, 7) is 4.69. The monoisotopic (exact) mass is 196 g/mol. The second-order valence-electron chi connectivity index (χ2n) is 3.29. The van der Waals surface area contributed by atoms with Crippen molar-refractivity contribution in [3.8, 4) is 5.75 Å². The lowest BCUT2D eigenvalue weighted by atomic mass is 10.1. The van der Waals surface area contributed by atoms with Gasteiger partial charge in [0.25, 0.3) is 0 Å². The minimum Gasteiger partial charge on any atom is -0.494 e. The van der Waals surface area contributed by atoms with Gasteiger partial charge in [0.1, 0.15) is 11.6 Å². The van der Waals surface area contributed by atoms with Gasteiger partial charge in [-0.2, -0.15) is 0 Å². The Kier molecular flexibility index (Phi) is 4.44. The van der Waals surface area contributed by atoms with Crippen LogP contribution in [0.25, 0.3) is 0 Å². The van der Waals surface area contributed by atoms with E-state index in [1.165, 1.54) is 6.07 Å². The van der Waals surface area contributed by atoms with Crippen LogP contribution in [0, 0.1) is 5.82 Å². The fraction of sp³-hybridized carbons (Fsp3) is 0.500. The summed E-state index contributed by atoms with van der Waals surface area (Å²) < 4.78 is 18.4. The van der Waals surface area contributed by atoms with Crippen molar-refractivity contribution < 1.29 is 9.13 Å². The SMILES string of the molecule is CCCCc1cc(F)ccc1OCC. The van der Waals surface area contributed by atoms with Gasteiger partial charge in [-0.25, -0.2) is 4.39 Å². The number of benzene rings is 1. The topological polar surface area (TPSA) is 9.23 Å². The largest absolute Gasteiger partial charge is 0.494 e. The molecule has 0 aliphatic carbocycles. The first kappa shape index (κ1) is 11.0. The van der Waals surface area contributed by atoms with E-state index in [2.05, 4.69) is 6.92 Å². The molecule has 0 heterocycles. The number of hydrogen-bond acceptors (Lipinski definition) is 1. The highest BCUT2D eigenvalue weighted by Gasteiger charge is 2.04. The maximum Gasteiger partial charge on any atom is 0.123 e. The lowest BCUT2D eigenvalue weighted by Crippen LogP contribution is -1.97. The minimum absolute atomic E-state index is 0.181. The molecule has 0 radical (unpaired) electrons. The number of aryl methyl sites for hydroxylation is 1. The van der Waals surface area contributed by atoms with Crippen LogP contribution in [0.2, 0.25) is 0 Å². The zero-order valence-corrected chi connectivity index (χ0v) is 8.85. The highest BCUT2D eigenvalue weighted by molar-refractivity contribution is 5.34. The van der Waals surface area contributed by atoms with E-state index in [4.69, 9.17) is 4.74 Å². The molecule has 14 heavy (non-hydrogen) atoms. The molecule has 0 fully saturated rings. The van der Waals surface area contributed by atoms with Crippen LogP contribution < -0.4 is 4.74 Å². The Morgan fingerprint density at radius 2 is 2.07 bits per heavy atom. The molecule has 0 spiro atoms. The molecule has 0 N–H and O–H groups in total. The predicted octanol–water partition coefficient (Wildman–Crippen LogP) is 3.57. The van der Waals surface area contributed by atoms with Gasteiger partial charge in [-0.05, 0) is 43.5 Å². The van der Waals surface area contributed by atoms with Crippen LogP contribution in [0.4, 0.5) is 4.39 Å². The Bertz CT molecular complexity index is 284. The van der Waals surface area contributed by atoms with Gasteiger partial charge in [0, 0.05) is 0 Å². The molecule has 1 aromatic rings. The molecular weight excluding hydrogens is 179 g/mol. The summed E-state index contributed by atoms with van der Waals surface area (Å²) in [5.41, 5.74) is 0.980. The molecule has 0 bridgehead atoms. The van der Waals surface area contributed by atoms with Gasteiger partial charge >= 0.3 is 0 Å². The number of ether oxygens (including phenoxy) is 1. The molecule has 0 aromatic heterocycles. The van der Waals surface area contributed by atoms with Crippen LogP contribution in [0.1, 0.15) is 32.3 Å². The molecule has 0 unspecified atom stereocenters. The third kappa shape index (κ3) is 3.02. The van der Waals surface area contributed by atoms with Crippen molar-refractivity contribution in [2.45, 2.75) is 33.1 Å². The smallest absolute Gasteiger partial charge is 0.123 e. The second kappa shape index (κ2) is 5.63. The Hall–Kier alpha value is -1.05. The molecule has 2 heteroatoms. The molecule has 0 saturated carbocycles. The van der Waals surface area contributed by atoms with Crippen molar-refractivity contribution >= 4 is 0 Å². The first-order valence-corrected chi connectivity index (χ1v) is 5.19. The summed E-state index contributed by atoms with van der Waals surface area (Å²) in [5, 5.41) is 0. The van der Waals surface area contributed by atoms with Gasteiger partial charge in [0.05, 0.1) is 6.61 Å². The summed E-state index contributed by atoms with van der Waals surface area (Å²) in [5.74, 6) is 0.641. The minimum atomic E-state index is -0.181. The van der Waals surface area contributed by atoms with Crippen LogP contribution in [0.5, 0.6) is 5.75 Å². The number of hydrogen-bond donors (Lipinski definition) is 0. The fourth-order valence-electron chi connectivity index (χ4n) is 1.41. The van der Waals surface area contributed by atoms with Crippen molar-refractivity contribution in [3.63, 3.8) is 0 Å². The highest BCUT2D eigenvalue weighted by atomic mass is 19.1. The average Bonchev–Trinajstić information content (AvgIpc) is 2.18. The number of halogens is 1. The van der Waals surface area contributed by atoms with Gasteiger partial charge in [0.2, 0.25) is 0 Å². The third-order valence-corrected chi connectivity index (χ3v) is 2.12. The molecule has 0 aliphatic rings. The number of unbranched alkanes of at least 4 members (excludes halogenated alkanes) is 1. The van der Waals surface area contributed by atoms with Gasteiger partial charge in [-0.3, -0.25) is 0 Å². The van der Waals surface area contributed by atoms with E-state index >= 15 is 0 Å².